The number of ether oxygens (including phenoxy) is 1. The van der Waals surface area contributed by atoms with E-state index < -0.39 is 0 Å². The molecule has 0 radical (unpaired) electrons. The molecule has 0 unspecified atom stereocenters. The van der Waals surface area contributed by atoms with E-state index in [0.717, 1.165) is 0 Å². The van der Waals surface area contributed by atoms with Crippen LogP contribution >= 0.6 is 12.6 Å². The Bertz CT molecular complexity index is 172. The lowest BCUT2D eigenvalue weighted by Gasteiger charge is -2.23. The highest BCUT2D eigenvalue weighted by atomic mass is 32.1. The minimum Gasteiger partial charge on any atom is -0.475 e. The maximum absolute atomic E-state index is 5.25. The Hall–Kier alpha value is -0.440. The summed E-state index contributed by atoms with van der Waals surface area (Å²) >= 11 is 4.00. The van der Waals surface area contributed by atoms with E-state index in [9.17, 15) is 0 Å². The third-order valence-corrected chi connectivity index (χ3v) is 1.14. The van der Waals surface area contributed by atoms with E-state index in [0.29, 0.717) is 5.09 Å². The number of aliphatic imine (C=N–C) groups is 1. The minimum absolute atomic E-state index is 0.286. The molecule has 2 nitrogen and oxygen atoms in total. The van der Waals surface area contributed by atoms with Crippen molar-refractivity contribution in [2.75, 3.05) is 0 Å². The van der Waals surface area contributed by atoms with Crippen LogP contribution in [0.25, 0.3) is 0 Å². The molecule has 0 bridgehead atoms. The van der Waals surface area contributed by atoms with Crippen LogP contribution in [0.2, 0.25) is 0 Å². The summed E-state index contributed by atoms with van der Waals surface area (Å²) in [4.78, 5) is 3.92. The lowest BCUT2D eigenvalue weighted by molar-refractivity contribution is 0.116. The predicted octanol–water partition coefficient (Wildman–Crippen LogP) is 1.59. The summed E-state index contributed by atoms with van der Waals surface area (Å²) in [5, 5.41) is 0.572. The molecule has 0 aromatic rings. The van der Waals surface area contributed by atoms with Crippen molar-refractivity contribution in [3.8, 4) is 0 Å². The summed E-state index contributed by atoms with van der Waals surface area (Å²) in [6, 6.07) is 0. The first-order valence-electron chi connectivity index (χ1n) is 2.73. The molecule has 0 saturated heterocycles. The quantitative estimate of drug-likeness (QED) is 0.511. The van der Waals surface area contributed by atoms with Crippen molar-refractivity contribution < 1.29 is 4.74 Å². The predicted molar refractivity (Wildman–Crippen MR) is 40.7 cm³/mol. The Labute approximate surface area is 60.0 Å². The molecule has 50 valence electrons. The van der Waals surface area contributed by atoms with Gasteiger partial charge in [0.15, 0.2) is 5.09 Å². The van der Waals surface area contributed by atoms with Gasteiger partial charge in [-0.2, -0.15) is 0 Å². The molecular weight excluding hydrogens is 134 g/mol. The van der Waals surface area contributed by atoms with Gasteiger partial charge in [-0.25, -0.2) is 0 Å². The van der Waals surface area contributed by atoms with Gasteiger partial charge in [-0.1, -0.05) is 0 Å². The third-order valence-electron chi connectivity index (χ3n) is 0.938. The fourth-order valence-electron chi connectivity index (χ4n) is 0.603. The molecule has 0 aromatic heterocycles. The van der Waals surface area contributed by atoms with E-state index in [1.807, 2.05) is 13.8 Å². The van der Waals surface area contributed by atoms with Crippen LogP contribution in [0, 0.1) is 0 Å². The maximum Gasteiger partial charge on any atom is 0.169 e. The first-order chi connectivity index (χ1) is 4.10. The standard InChI is InChI=1S/C6H9NOS/c1-6(2)4-7-3-5(9)8-6/h3-4,9H,1-2H3. The van der Waals surface area contributed by atoms with Gasteiger partial charge in [0.2, 0.25) is 0 Å². The Morgan fingerprint density at radius 1 is 1.67 bits per heavy atom. The number of rotatable bonds is 0. The Morgan fingerprint density at radius 2 is 2.33 bits per heavy atom. The number of hydrogen-bond acceptors (Lipinski definition) is 3. The summed E-state index contributed by atoms with van der Waals surface area (Å²) in [5.74, 6) is 0. The Morgan fingerprint density at radius 3 is 2.67 bits per heavy atom. The van der Waals surface area contributed by atoms with Crippen LogP contribution < -0.4 is 0 Å². The highest BCUT2D eigenvalue weighted by Crippen LogP contribution is 2.18. The van der Waals surface area contributed by atoms with Crippen molar-refractivity contribution >= 4 is 18.8 Å². The normalized spacial score (nSPS) is 22.8. The molecular formula is C6H9NOS. The summed E-state index contributed by atoms with van der Waals surface area (Å²) in [6.07, 6.45) is 3.32. The molecule has 1 heterocycles. The molecule has 3 heteroatoms. The van der Waals surface area contributed by atoms with Crippen molar-refractivity contribution in [2.45, 2.75) is 19.4 Å². The SMILES string of the molecule is CC1(C)C=NC=C(S)O1. The van der Waals surface area contributed by atoms with Gasteiger partial charge in [0.1, 0.15) is 5.60 Å². The number of nitrogens with zero attached hydrogens (tertiary/aromatic N) is 1. The number of hydrogen-bond donors (Lipinski definition) is 1. The first-order valence-corrected chi connectivity index (χ1v) is 3.17. The van der Waals surface area contributed by atoms with Crippen LogP contribution in [0.1, 0.15) is 13.8 Å². The maximum atomic E-state index is 5.25. The second-order valence-corrected chi connectivity index (χ2v) is 2.89. The topological polar surface area (TPSA) is 21.6 Å². The largest absolute Gasteiger partial charge is 0.475 e. The van der Waals surface area contributed by atoms with Crippen molar-refractivity contribution in [1.82, 2.24) is 0 Å². The van der Waals surface area contributed by atoms with Crippen molar-refractivity contribution in [3.63, 3.8) is 0 Å². The second-order valence-electron chi connectivity index (χ2n) is 2.45. The lowest BCUT2D eigenvalue weighted by Crippen LogP contribution is -2.26. The fourth-order valence-corrected chi connectivity index (χ4v) is 0.905. The molecule has 0 N–H and O–H groups in total. The summed E-state index contributed by atoms with van der Waals surface area (Å²) in [6.45, 7) is 3.86. The van der Waals surface area contributed by atoms with Crippen molar-refractivity contribution in [2.24, 2.45) is 4.99 Å². The van der Waals surface area contributed by atoms with E-state index in [1.54, 1.807) is 12.4 Å². The first kappa shape index (κ1) is 6.68. The summed E-state index contributed by atoms with van der Waals surface area (Å²) < 4.78 is 5.25. The van der Waals surface area contributed by atoms with Gasteiger partial charge in [0.05, 0.1) is 6.20 Å². The van der Waals surface area contributed by atoms with Crippen LogP contribution in [0.3, 0.4) is 0 Å². The van der Waals surface area contributed by atoms with Gasteiger partial charge in [-0.15, -0.1) is 12.6 Å². The average molecular weight is 143 g/mol. The zero-order valence-electron chi connectivity index (χ0n) is 5.46. The van der Waals surface area contributed by atoms with E-state index in [-0.39, 0.29) is 5.60 Å². The average Bonchev–Trinajstić information content (AvgIpc) is 1.60. The van der Waals surface area contributed by atoms with E-state index >= 15 is 0 Å². The molecule has 1 rings (SSSR count). The molecule has 0 saturated carbocycles. The molecule has 0 fully saturated rings. The molecule has 1 aliphatic heterocycles. The van der Waals surface area contributed by atoms with Gasteiger partial charge in [0, 0.05) is 6.21 Å². The third kappa shape index (κ3) is 1.75. The van der Waals surface area contributed by atoms with Crippen LogP contribution in [0.15, 0.2) is 16.3 Å². The van der Waals surface area contributed by atoms with E-state index in [2.05, 4.69) is 17.6 Å². The van der Waals surface area contributed by atoms with Crippen LogP contribution in [0.5, 0.6) is 0 Å². The second kappa shape index (κ2) is 2.06. The van der Waals surface area contributed by atoms with Gasteiger partial charge in [-0.05, 0) is 13.8 Å². The molecule has 0 atom stereocenters. The zero-order chi connectivity index (χ0) is 6.91. The van der Waals surface area contributed by atoms with Crippen LogP contribution in [0.4, 0.5) is 0 Å². The molecule has 0 spiro atoms. The Balaban J connectivity index is 2.73. The molecule has 0 aliphatic carbocycles. The van der Waals surface area contributed by atoms with Crippen molar-refractivity contribution in [1.29, 1.82) is 0 Å². The summed E-state index contributed by atoms with van der Waals surface area (Å²) in [5.41, 5.74) is -0.286. The van der Waals surface area contributed by atoms with Crippen molar-refractivity contribution in [3.05, 3.63) is 11.3 Å². The number of thiol groups is 1. The highest BCUT2D eigenvalue weighted by Gasteiger charge is 2.18. The molecule has 0 aromatic carbocycles. The fraction of sp³-hybridized carbons (Fsp3) is 0.500. The minimum atomic E-state index is -0.286. The molecule has 9 heavy (non-hydrogen) atoms. The molecule has 1 aliphatic rings. The monoisotopic (exact) mass is 143 g/mol. The van der Waals surface area contributed by atoms with Gasteiger partial charge in [-0.3, -0.25) is 4.99 Å². The van der Waals surface area contributed by atoms with Crippen LogP contribution in [-0.2, 0) is 4.74 Å². The lowest BCUT2D eigenvalue weighted by atomic mass is 10.1. The summed E-state index contributed by atoms with van der Waals surface area (Å²) in [7, 11) is 0. The smallest absolute Gasteiger partial charge is 0.169 e. The zero-order valence-corrected chi connectivity index (χ0v) is 6.35. The molecule has 0 amide bonds. The van der Waals surface area contributed by atoms with Gasteiger partial charge in [0.25, 0.3) is 0 Å². The van der Waals surface area contributed by atoms with E-state index in [4.69, 9.17) is 4.74 Å². The Kier molecular flexibility index (Phi) is 1.53. The van der Waals surface area contributed by atoms with Gasteiger partial charge < -0.3 is 4.74 Å². The van der Waals surface area contributed by atoms with Gasteiger partial charge >= 0.3 is 0 Å². The van der Waals surface area contributed by atoms with E-state index in [1.165, 1.54) is 0 Å². The highest BCUT2D eigenvalue weighted by molar-refractivity contribution is 7.84. The van der Waals surface area contributed by atoms with Crippen LogP contribution in [-0.4, -0.2) is 11.8 Å².